The summed E-state index contributed by atoms with van der Waals surface area (Å²) in [6.45, 7) is 5.26. The van der Waals surface area contributed by atoms with Crippen molar-refractivity contribution in [2.45, 2.75) is 37.2 Å². The number of hydrogen-bond donors (Lipinski definition) is 1. The molecular weight excluding hydrogens is 266 g/mol. The van der Waals surface area contributed by atoms with E-state index >= 15 is 0 Å². The van der Waals surface area contributed by atoms with Gasteiger partial charge in [0.2, 0.25) is 10.0 Å². The Kier molecular flexibility index (Phi) is 4.13. The molecular formula is C13H19NO4S. The van der Waals surface area contributed by atoms with E-state index in [2.05, 4.69) is 0 Å². The van der Waals surface area contributed by atoms with Crippen LogP contribution in [0.2, 0.25) is 0 Å². The third kappa shape index (κ3) is 3.46. The second kappa shape index (κ2) is 5.48. The van der Waals surface area contributed by atoms with Gasteiger partial charge in [0.15, 0.2) is 0 Å². The SMILES string of the molecule is CC(C)c1cc(S(N)(=O)=O)ccc1OC1CCOC1. The molecule has 1 unspecified atom stereocenters. The molecule has 0 aromatic heterocycles. The minimum Gasteiger partial charge on any atom is -0.488 e. The minimum absolute atomic E-state index is 0.0397. The van der Waals surface area contributed by atoms with Gasteiger partial charge in [-0.2, -0.15) is 0 Å². The van der Waals surface area contributed by atoms with Crippen molar-refractivity contribution in [1.82, 2.24) is 0 Å². The van der Waals surface area contributed by atoms with Gasteiger partial charge in [-0.3, -0.25) is 0 Å². The van der Waals surface area contributed by atoms with Crippen LogP contribution in [0.4, 0.5) is 0 Å². The summed E-state index contributed by atoms with van der Waals surface area (Å²) in [5.41, 5.74) is 0.846. The van der Waals surface area contributed by atoms with Crippen LogP contribution in [0.25, 0.3) is 0 Å². The van der Waals surface area contributed by atoms with E-state index in [9.17, 15) is 8.42 Å². The van der Waals surface area contributed by atoms with Gasteiger partial charge >= 0.3 is 0 Å². The van der Waals surface area contributed by atoms with Crippen molar-refractivity contribution in [3.05, 3.63) is 23.8 Å². The summed E-state index contributed by atoms with van der Waals surface area (Å²) in [5.74, 6) is 0.858. The molecule has 1 aliphatic heterocycles. The van der Waals surface area contributed by atoms with E-state index in [0.29, 0.717) is 19.0 Å². The number of benzene rings is 1. The molecule has 19 heavy (non-hydrogen) atoms. The summed E-state index contributed by atoms with van der Waals surface area (Å²) in [7, 11) is -3.68. The predicted molar refractivity (Wildman–Crippen MR) is 71.8 cm³/mol. The number of primary sulfonamides is 1. The molecule has 5 nitrogen and oxygen atoms in total. The van der Waals surface area contributed by atoms with Crippen LogP contribution in [0.15, 0.2) is 23.1 Å². The molecule has 0 aliphatic carbocycles. The van der Waals surface area contributed by atoms with Gasteiger partial charge in [-0.05, 0) is 29.7 Å². The number of hydrogen-bond acceptors (Lipinski definition) is 4. The van der Waals surface area contributed by atoms with E-state index in [1.165, 1.54) is 6.07 Å². The lowest BCUT2D eigenvalue weighted by Gasteiger charge is -2.18. The molecule has 0 radical (unpaired) electrons. The zero-order chi connectivity index (χ0) is 14.0. The van der Waals surface area contributed by atoms with Crippen LogP contribution in [-0.2, 0) is 14.8 Å². The molecule has 1 fully saturated rings. The maximum Gasteiger partial charge on any atom is 0.238 e. The Labute approximate surface area is 113 Å². The van der Waals surface area contributed by atoms with Crippen molar-refractivity contribution in [2.75, 3.05) is 13.2 Å². The maximum absolute atomic E-state index is 11.4. The average molecular weight is 285 g/mol. The van der Waals surface area contributed by atoms with Gasteiger partial charge in [-0.25, -0.2) is 13.6 Å². The van der Waals surface area contributed by atoms with Gasteiger partial charge in [0.25, 0.3) is 0 Å². The van der Waals surface area contributed by atoms with Crippen molar-refractivity contribution in [3.8, 4) is 5.75 Å². The molecule has 0 amide bonds. The van der Waals surface area contributed by atoms with E-state index in [1.54, 1.807) is 12.1 Å². The fraction of sp³-hybridized carbons (Fsp3) is 0.538. The molecule has 106 valence electrons. The van der Waals surface area contributed by atoms with E-state index in [1.807, 2.05) is 13.8 Å². The molecule has 6 heteroatoms. The molecule has 2 rings (SSSR count). The molecule has 1 saturated heterocycles. The Morgan fingerprint density at radius 3 is 2.68 bits per heavy atom. The second-order valence-corrected chi connectivity index (χ2v) is 6.56. The van der Waals surface area contributed by atoms with Crippen molar-refractivity contribution in [2.24, 2.45) is 5.14 Å². The highest BCUT2D eigenvalue weighted by Crippen LogP contribution is 2.30. The third-order valence-corrected chi connectivity index (χ3v) is 4.02. The van der Waals surface area contributed by atoms with Crippen molar-refractivity contribution in [3.63, 3.8) is 0 Å². The third-order valence-electron chi connectivity index (χ3n) is 3.11. The first-order chi connectivity index (χ1) is 8.88. The van der Waals surface area contributed by atoms with Gasteiger partial charge < -0.3 is 9.47 Å². The molecule has 1 aromatic rings. The number of rotatable bonds is 4. The Bertz CT molecular complexity index is 548. The first-order valence-electron chi connectivity index (χ1n) is 6.29. The molecule has 1 atom stereocenters. The van der Waals surface area contributed by atoms with Crippen LogP contribution >= 0.6 is 0 Å². The predicted octanol–water partition coefficient (Wildman–Crippen LogP) is 1.63. The first kappa shape index (κ1) is 14.3. The van der Waals surface area contributed by atoms with Crippen LogP contribution in [0.3, 0.4) is 0 Å². The zero-order valence-electron chi connectivity index (χ0n) is 11.1. The zero-order valence-corrected chi connectivity index (χ0v) is 11.9. The molecule has 2 N–H and O–H groups in total. The largest absolute Gasteiger partial charge is 0.488 e. The van der Waals surface area contributed by atoms with E-state index in [-0.39, 0.29) is 16.9 Å². The molecule has 0 bridgehead atoms. The van der Waals surface area contributed by atoms with Gasteiger partial charge in [0.05, 0.1) is 18.1 Å². The van der Waals surface area contributed by atoms with Crippen LogP contribution in [0.5, 0.6) is 5.75 Å². The van der Waals surface area contributed by atoms with Crippen molar-refractivity contribution < 1.29 is 17.9 Å². The standard InChI is InChI=1S/C13H19NO4S/c1-9(2)12-7-11(19(14,15)16)3-4-13(12)18-10-5-6-17-8-10/h3-4,7,9-10H,5-6,8H2,1-2H3,(H2,14,15,16). The van der Waals surface area contributed by atoms with Crippen LogP contribution < -0.4 is 9.88 Å². The van der Waals surface area contributed by atoms with Gasteiger partial charge in [0.1, 0.15) is 11.9 Å². The number of ether oxygens (including phenoxy) is 2. The first-order valence-corrected chi connectivity index (χ1v) is 7.83. The highest BCUT2D eigenvalue weighted by Gasteiger charge is 2.20. The van der Waals surface area contributed by atoms with E-state index in [4.69, 9.17) is 14.6 Å². The number of nitrogens with two attached hydrogens (primary N) is 1. The number of sulfonamides is 1. The van der Waals surface area contributed by atoms with Gasteiger partial charge in [-0.1, -0.05) is 13.8 Å². The van der Waals surface area contributed by atoms with E-state index < -0.39 is 10.0 Å². The van der Waals surface area contributed by atoms with Crippen LogP contribution in [-0.4, -0.2) is 27.7 Å². The van der Waals surface area contributed by atoms with Gasteiger partial charge in [-0.15, -0.1) is 0 Å². The lowest BCUT2D eigenvalue weighted by molar-refractivity contribution is 0.140. The normalized spacial score (nSPS) is 19.9. The molecule has 1 aromatic carbocycles. The fourth-order valence-electron chi connectivity index (χ4n) is 2.05. The minimum atomic E-state index is -3.68. The summed E-state index contributed by atoms with van der Waals surface area (Å²) in [4.78, 5) is 0.117. The van der Waals surface area contributed by atoms with Crippen LogP contribution in [0, 0.1) is 0 Å². The summed E-state index contributed by atoms with van der Waals surface area (Å²) >= 11 is 0. The summed E-state index contributed by atoms with van der Waals surface area (Å²) < 4.78 is 33.9. The second-order valence-electron chi connectivity index (χ2n) is 5.00. The van der Waals surface area contributed by atoms with Gasteiger partial charge in [0, 0.05) is 6.42 Å². The monoisotopic (exact) mass is 285 g/mol. The topological polar surface area (TPSA) is 78.6 Å². The van der Waals surface area contributed by atoms with E-state index in [0.717, 1.165) is 12.0 Å². The quantitative estimate of drug-likeness (QED) is 0.912. The Morgan fingerprint density at radius 2 is 2.16 bits per heavy atom. The maximum atomic E-state index is 11.4. The Balaban J connectivity index is 2.32. The lowest BCUT2D eigenvalue weighted by atomic mass is 10.0. The summed E-state index contributed by atoms with van der Waals surface area (Å²) in [6.07, 6.45) is 0.895. The Morgan fingerprint density at radius 1 is 1.42 bits per heavy atom. The lowest BCUT2D eigenvalue weighted by Crippen LogP contribution is -2.18. The summed E-state index contributed by atoms with van der Waals surface area (Å²) in [6, 6.07) is 4.74. The average Bonchev–Trinajstić information content (AvgIpc) is 2.80. The van der Waals surface area contributed by atoms with Crippen LogP contribution in [0.1, 0.15) is 31.7 Å². The molecule has 1 aliphatic rings. The smallest absolute Gasteiger partial charge is 0.238 e. The Hall–Kier alpha value is -1.11. The molecule has 0 spiro atoms. The molecule has 0 saturated carbocycles. The fourth-order valence-corrected chi connectivity index (χ4v) is 2.60. The highest BCUT2D eigenvalue weighted by atomic mass is 32.2. The van der Waals surface area contributed by atoms with Crippen molar-refractivity contribution >= 4 is 10.0 Å². The highest BCUT2D eigenvalue weighted by molar-refractivity contribution is 7.89. The molecule has 1 heterocycles. The summed E-state index contributed by atoms with van der Waals surface area (Å²) in [5, 5.41) is 5.15. The van der Waals surface area contributed by atoms with Crippen molar-refractivity contribution in [1.29, 1.82) is 0 Å².